The molecule has 0 radical (unpaired) electrons. The monoisotopic (exact) mass is 1020 g/mol. The fourth-order valence-corrected chi connectivity index (χ4v) is 8.33. The maximum atomic E-state index is 12.4. The van der Waals surface area contributed by atoms with E-state index in [9.17, 15) is 5.11 Å². The van der Waals surface area contributed by atoms with Crippen LogP contribution in [0.3, 0.4) is 0 Å². The molecule has 0 saturated carbocycles. The maximum Gasteiger partial charge on any atom is 0.148 e. The van der Waals surface area contributed by atoms with Gasteiger partial charge in [-0.05, 0) is 93.5 Å². The van der Waals surface area contributed by atoms with Gasteiger partial charge in [-0.15, -0.1) is 23.8 Å². The van der Waals surface area contributed by atoms with E-state index in [1.807, 2.05) is 79.1 Å². The van der Waals surface area contributed by atoms with E-state index in [1.54, 1.807) is 36.5 Å². The molecule has 0 fully saturated rings. The second kappa shape index (κ2) is 18.0. The van der Waals surface area contributed by atoms with Crippen LogP contribution < -0.4 is 0 Å². The summed E-state index contributed by atoms with van der Waals surface area (Å²) in [6.07, 6.45) is 1.80. The second-order valence-corrected chi connectivity index (χ2v) is 17.0. The van der Waals surface area contributed by atoms with Crippen molar-refractivity contribution in [3.63, 3.8) is 0 Å². The number of imidazole rings is 1. The van der Waals surface area contributed by atoms with Crippen LogP contribution in [0, 0.1) is 13.0 Å². The van der Waals surface area contributed by atoms with Gasteiger partial charge in [-0.1, -0.05) is 186 Å². The molecule has 5 heteroatoms. The van der Waals surface area contributed by atoms with Crippen molar-refractivity contribution in [2.45, 2.75) is 72.4 Å². The number of rotatable bonds is 9. The van der Waals surface area contributed by atoms with Crippen molar-refractivity contribution in [1.29, 1.82) is 0 Å². The third-order valence-electron chi connectivity index (χ3n) is 11.8. The normalized spacial score (nSPS) is 14.3. The molecular weight excluding hydrogens is 962 g/mol. The van der Waals surface area contributed by atoms with Gasteiger partial charge in [0.1, 0.15) is 11.6 Å². The van der Waals surface area contributed by atoms with E-state index < -0.39 is 26.0 Å². The summed E-state index contributed by atoms with van der Waals surface area (Å²) in [5, 5.41) is 12.4. The summed E-state index contributed by atoms with van der Waals surface area (Å²) < 4.78 is 79.4. The van der Waals surface area contributed by atoms with Crippen LogP contribution in [0.5, 0.6) is 5.75 Å². The Kier molecular flexibility index (Phi) is 9.61. The fraction of sp³-hybridized carbons (Fsp3) is 0.186. The first-order valence-electron chi connectivity index (χ1n) is 25.8. The summed E-state index contributed by atoms with van der Waals surface area (Å²) in [4.78, 5) is 10.3. The standard InChI is InChI=1S/C59H54N3O.Pt/c1-37(2)44-33-50(38(3)4)57(63)52(34-44)58-61-56-49(20-15-21-55(56)62(58)54-27-26-48(59(6,7)8)36-51(54)42-18-13-10-14-19-42)46-30-45(40-16-11-9-12-17-40)31-47(32-46)53-35-43(28-29-60-53)41-24-22-39(5)23-25-41;/h9-31,33-38,63H,1-8H3;/q-1;/i6D3,7D3,8D3;. The summed E-state index contributed by atoms with van der Waals surface area (Å²) in [5.74, 6) is 0.379. The first kappa shape index (κ1) is 34.1. The number of aromatic hydroxyl groups is 1. The molecule has 0 bridgehead atoms. The van der Waals surface area contributed by atoms with Gasteiger partial charge in [0, 0.05) is 50.9 Å². The molecule has 0 aliphatic carbocycles. The van der Waals surface area contributed by atoms with Crippen molar-refractivity contribution in [2.24, 2.45) is 0 Å². The minimum Gasteiger partial charge on any atom is -0.507 e. The number of phenolic OH excluding ortho intramolecular Hbond substituents is 1. The van der Waals surface area contributed by atoms with Crippen LogP contribution in [0.1, 0.15) is 94.7 Å². The van der Waals surface area contributed by atoms with Gasteiger partial charge in [0.15, 0.2) is 0 Å². The van der Waals surface area contributed by atoms with E-state index in [4.69, 9.17) is 22.3 Å². The van der Waals surface area contributed by atoms with Crippen LogP contribution in [0.4, 0.5) is 0 Å². The van der Waals surface area contributed by atoms with Gasteiger partial charge in [-0.2, -0.15) is 0 Å². The fourth-order valence-electron chi connectivity index (χ4n) is 8.33. The summed E-state index contributed by atoms with van der Waals surface area (Å²) in [6.45, 7) is -0.208. The number of pyridine rings is 1. The van der Waals surface area contributed by atoms with Crippen LogP contribution in [-0.2, 0) is 26.5 Å². The number of phenols is 1. The number of benzene rings is 7. The van der Waals surface area contributed by atoms with Gasteiger partial charge in [0.25, 0.3) is 0 Å². The number of hydrogen-bond acceptors (Lipinski definition) is 3. The van der Waals surface area contributed by atoms with Crippen LogP contribution in [-0.4, -0.2) is 19.6 Å². The molecule has 64 heavy (non-hydrogen) atoms. The van der Waals surface area contributed by atoms with Gasteiger partial charge < -0.3 is 5.11 Å². The van der Waals surface area contributed by atoms with E-state index in [2.05, 4.69) is 81.4 Å². The zero-order valence-corrected chi connectivity index (χ0v) is 38.6. The number of para-hydroxylation sites is 1. The number of aromatic nitrogens is 3. The molecule has 0 saturated heterocycles. The van der Waals surface area contributed by atoms with Crippen LogP contribution in [0.25, 0.3) is 83.9 Å². The second-order valence-electron chi connectivity index (χ2n) is 17.0. The Morgan fingerprint density at radius 3 is 1.98 bits per heavy atom. The van der Waals surface area contributed by atoms with Crippen molar-refractivity contribution in [1.82, 2.24) is 14.5 Å². The Morgan fingerprint density at radius 1 is 0.609 bits per heavy atom. The number of fused-ring (bicyclic) bond motifs is 1. The molecule has 0 spiro atoms. The summed E-state index contributed by atoms with van der Waals surface area (Å²) in [5.41, 5.74) is 9.02. The third kappa shape index (κ3) is 8.65. The van der Waals surface area contributed by atoms with Gasteiger partial charge in [-0.25, -0.2) is 4.98 Å². The zero-order valence-electron chi connectivity index (χ0n) is 45.3. The molecular formula is C59H54N3OPt-. The molecule has 0 amide bonds. The minimum atomic E-state index is -3.49. The first-order valence-corrected chi connectivity index (χ1v) is 21.3. The number of hydrogen-bond donors (Lipinski definition) is 1. The molecule has 2 heterocycles. The predicted octanol–water partition coefficient (Wildman–Crippen LogP) is 15.8. The van der Waals surface area contributed by atoms with E-state index in [1.165, 1.54) is 12.1 Å². The Hall–Kier alpha value is -6.35. The molecule has 7 aromatic carbocycles. The van der Waals surface area contributed by atoms with Gasteiger partial charge in [0.05, 0.1) is 22.3 Å². The minimum absolute atomic E-state index is 0. The maximum absolute atomic E-state index is 12.4. The molecule has 0 aliphatic heterocycles. The van der Waals surface area contributed by atoms with Gasteiger partial charge in [0.2, 0.25) is 0 Å². The van der Waals surface area contributed by atoms with E-state index in [0.717, 1.165) is 55.8 Å². The van der Waals surface area contributed by atoms with E-state index in [0.29, 0.717) is 44.8 Å². The quantitative estimate of drug-likeness (QED) is 0.147. The zero-order chi connectivity index (χ0) is 51.5. The summed E-state index contributed by atoms with van der Waals surface area (Å²) in [6, 6.07) is 53.4. The molecule has 0 unspecified atom stereocenters. The molecule has 2 aromatic heterocycles. The largest absolute Gasteiger partial charge is 0.507 e. The topological polar surface area (TPSA) is 50.9 Å². The Balaban J connectivity index is 0.00000711. The summed E-state index contributed by atoms with van der Waals surface area (Å²) in [7, 11) is 0. The third-order valence-corrected chi connectivity index (χ3v) is 11.8. The molecule has 9 aromatic rings. The molecule has 1 N–H and O–H groups in total. The average molecular weight is 1030 g/mol. The Bertz CT molecular complexity index is 3420. The van der Waals surface area contributed by atoms with Gasteiger partial charge in [-0.3, -0.25) is 9.55 Å². The van der Waals surface area contributed by atoms with Crippen molar-refractivity contribution in [3.8, 4) is 78.6 Å². The van der Waals surface area contributed by atoms with Crippen LogP contribution in [0.15, 0.2) is 164 Å². The molecule has 9 rings (SSSR count). The Labute approximate surface area is 405 Å². The van der Waals surface area contributed by atoms with Crippen molar-refractivity contribution >= 4 is 11.0 Å². The smallest absolute Gasteiger partial charge is 0.148 e. The summed E-state index contributed by atoms with van der Waals surface area (Å²) >= 11 is 0. The molecule has 4 nitrogen and oxygen atoms in total. The number of nitrogens with zero attached hydrogens (tertiary/aromatic N) is 3. The van der Waals surface area contributed by atoms with Crippen molar-refractivity contribution in [3.05, 3.63) is 192 Å². The van der Waals surface area contributed by atoms with Crippen molar-refractivity contribution in [2.75, 3.05) is 0 Å². The van der Waals surface area contributed by atoms with Gasteiger partial charge >= 0.3 is 0 Å². The van der Waals surface area contributed by atoms with Crippen molar-refractivity contribution < 1.29 is 38.5 Å². The number of aryl methyl sites for hydroxylation is 1. The first-order chi connectivity index (χ1) is 34.1. The van der Waals surface area contributed by atoms with Crippen LogP contribution >= 0.6 is 0 Å². The molecule has 0 atom stereocenters. The van der Waals surface area contributed by atoms with Crippen LogP contribution in [0.2, 0.25) is 0 Å². The average Bonchev–Trinajstić information content (AvgIpc) is 3.73. The molecule has 0 aliphatic rings. The Morgan fingerprint density at radius 2 is 1.30 bits per heavy atom. The van der Waals surface area contributed by atoms with E-state index >= 15 is 0 Å². The van der Waals surface area contributed by atoms with E-state index in [-0.39, 0.29) is 44.2 Å². The SMILES string of the molecule is [2H]C([2H])([2H])C(c1ccc(-n2c(-c3cc(C(C)C)cc(C(C)C)c3O)nc3c(-c4[c-]c(-c5cc(-c6ccc(C)cc6)ccn5)cc(-c5ccccc5)c4)cccc32)c(-c2ccccc2)c1)(C([2H])([2H])[2H])C([2H])([2H])[2H].[Pt]. The predicted molar refractivity (Wildman–Crippen MR) is 264 cm³/mol. The molecule has 322 valence electrons.